The minimum absolute atomic E-state index is 0.176. The van der Waals surface area contributed by atoms with Gasteiger partial charge in [0.15, 0.2) is 0 Å². The third-order valence-electron chi connectivity index (χ3n) is 2.33. The van der Waals surface area contributed by atoms with E-state index in [4.69, 9.17) is 24.1 Å². The SMILES string of the molecule is COCCOCCOCCOC(=O)CCCCCO. The molecule has 0 aliphatic carbocycles. The molecule has 19 heavy (non-hydrogen) atoms. The van der Waals surface area contributed by atoms with Crippen molar-refractivity contribution in [2.75, 3.05) is 53.4 Å². The summed E-state index contributed by atoms with van der Waals surface area (Å²) in [5.74, 6) is -0.210. The van der Waals surface area contributed by atoms with Crippen molar-refractivity contribution in [1.29, 1.82) is 0 Å². The van der Waals surface area contributed by atoms with Crippen molar-refractivity contribution in [3.8, 4) is 0 Å². The first-order valence-electron chi connectivity index (χ1n) is 6.72. The van der Waals surface area contributed by atoms with E-state index >= 15 is 0 Å². The van der Waals surface area contributed by atoms with Crippen LogP contribution in [0.25, 0.3) is 0 Å². The Labute approximate surface area is 115 Å². The summed E-state index contributed by atoms with van der Waals surface area (Å²) in [4.78, 5) is 11.2. The van der Waals surface area contributed by atoms with Crippen LogP contribution in [0.4, 0.5) is 0 Å². The molecular weight excluding hydrogens is 252 g/mol. The highest BCUT2D eigenvalue weighted by Crippen LogP contribution is 2.00. The first-order chi connectivity index (χ1) is 9.31. The fourth-order valence-electron chi connectivity index (χ4n) is 1.31. The maximum Gasteiger partial charge on any atom is 0.305 e. The molecule has 0 aliphatic heterocycles. The molecule has 0 heterocycles. The van der Waals surface area contributed by atoms with Crippen LogP contribution in [0.5, 0.6) is 0 Å². The van der Waals surface area contributed by atoms with Gasteiger partial charge in [0.1, 0.15) is 6.61 Å². The number of esters is 1. The summed E-state index contributed by atoms with van der Waals surface area (Å²) in [6.07, 6.45) is 2.74. The molecule has 6 nitrogen and oxygen atoms in total. The van der Waals surface area contributed by atoms with Gasteiger partial charge in [-0.15, -0.1) is 0 Å². The van der Waals surface area contributed by atoms with Crippen LogP contribution in [0, 0.1) is 0 Å². The number of methoxy groups -OCH3 is 1. The summed E-state index contributed by atoms with van der Waals surface area (Å²) in [7, 11) is 1.62. The van der Waals surface area contributed by atoms with E-state index in [1.807, 2.05) is 0 Å². The Hall–Kier alpha value is -0.690. The summed E-state index contributed by atoms with van der Waals surface area (Å²) in [5.41, 5.74) is 0. The van der Waals surface area contributed by atoms with Gasteiger partial charge in [-0.1, -0.05) is 6.42 Å². The topological polar surface area (TPSA) is 74.2 Å². The van der Waals surface area contributed by atoms with Crippen molar-refractivity contribution in [3.05, 3.63) is 0 Å². The lowest BCUT2D eigenvalue weighted by molar-refractivity contribution is -0.145. The monoisotopic (exact) mass is 278 g/mol. The largest absolute Gasteiger partial charge is 0.463 e. The zero-order valence-electron chi connectivity index (χ0n) is 11.8. The summed E-state index contributed by atoms with van der Waals surface area (Å²) in [6.45, 7) is 2.97. The zero-order chi connectivity index (χ0) is 14.2. The third-order valence-corrected chi connectivity index (χ3v) is 2.33. The molecule has 0 rings (SSSR count). The molecule has 0 spiro atoms. The van der Waals surface area contributed by atoms with Gasteiger partial charge in [-0.25, -0.2) is 0 Å². The Bertz CT molecular complexity index is 198. The van der Waals surface area contributed by atoms with Crippen molar-refractivity contribution >= 4 is 5.97 Å². The van der Waals surface area contributed by atoms with Gasteiger partial charge in [0.2, 0.25) is 0 Å². The Morgan fingerprint density at radius 3 is 2.16 bits per heavy atom. The average Bonchev–Trinajstić information content (AvgIpc) is 2.42. The van der Waals surface area contributed by atoms with Gasteiger partial charge in [0.05, 0.1) is 33.0 Å². The lowest BCUT2D eigenvalue weighted by Crippen LogP contribution is -2.13. The Morgan fingerprint density at radius 2 is 1.53 bits per heavy atom. The molecule has 0 aliphatic rings. The van der Waals surface area contributed by atoms with Crippen molar-refractivity contribution in [1.82, 2.24) is 0 Å². The molecule has 114 valence electrons. The summed E-state index contributed by atoms with van der Waals surface area (Å²) < 4.78 is 20.2. The number of carbonyl (C=O) groups excluding carboxylic acids is 1. The maximum absolute atomic E-state index is 11.2. The van der Waals surface area contributed by atoms with E-state index in [2.05, 4.69) is 0 Å². The van der Waals surface area contributed by atoms with Crippen LogP contribution in [0.1, 0.15) is 25.7 Å². The summed E-state index contributed by atoms with van der Waals surface area (Å²) in [6, 6.07) is 0. The second kappa shape index (κ2) is 15.4. The molecule has 6 heteroatoms. The highest BCUT2D eigenvalue weighted by atomic mass is 16.6. The van der Waals surface area contributed by atoms with E-state index in [1.165, 1.54) is 0 Å². The van der Waals surface area contributed by atoms with Gasteiger partial charge >= 0.3 is 5.97 Å². The first-order valence-corrected chi connectivity index (χ1v) is 6.72. The van der Waals surface area contributed by atoms with E-state index < -0.39 is 0 Å². The van der Waals surface area contributed by atoms with Gasteiger partial charge in [0, 0.05) is 20.1 Å². The second-order valence-corrected chi connectivity index (χ2v) is 3.97. The van der Waals surface area contributed by atoms with Crippen LogP contribution in [0.15, 0.2) is 0 Å². The molecule has 1 N–H and O–H groups in total. The average molecular weight is 278 g/mol. The molecule has 0 fully saturated rings. The number of ether oxygens (including phenoxy) is 4. The van der Waals surface area contributed by atoms with Gasteiger partial charge in [-0.05, 0) is 12.8 Å². The van der Waals surface area contributed by atoms with E-state index in [1.54, 1.807) is 7.11 Å². The van der Waals surface area contributed by atoms with Crippen molar-refractivity contribution in [2.24, 2.45) is 0 Å². The molecule has 0 saturated heterocycles. The van der Waals surface area contributed by atoms with E-state index in [0.717, 1.165) is 19.3 Å². The smallest absolute Gasteiger partial charge is 0.305 e. The van der Waals surface area contributed by atoms with Gasteiger partial charge < -0.3 is 24.1 Å². The van der Waals surface area contributed by atoms with E-state index in [9.17, 15) is 4.79 Å². The molecule has 0 bridgehead atoms. The van der Waals surface area contributed by atoms with Crippen LogP contribution in [-0.4, -0.2) is 64.4 Å². The molecule has 0 atom stereocenters. The normalized spacial score (nSPS) is 10.6. The van der Waals surface area contributed by atoms with Crippen LogP contribution < -0.4 is 0 Å². The molecule has 0 amide bonds. The molecular formula is C13H26O6. The summed E-state index contributed by atoms with van der Waals surface area (Å²) >= 11 is 0. The number of aliphatic hydroxyl groups excluding tert-OH is 1. The molecule has 0 saturated carbocycles. The van der Waals surface area contributed by atoms with E-state index in [0.29, 0.717) is 39.5 Å². The lowest BCUT2D eigenvalue weighted by atomic mass is 10.2. The molecule has 0 aromatic carbocycles. The maximum atomic E-state index is 11.2. The molecule has 0 radical (unpaired) electrons. The quantitative estimate of drug-likeness (QED) is 0.373. The highest BCUT2D eigenvalue weighted by molar-refractivity contribution is 5.69. The lowest BCUT2D eigenvalue weighted by Gasteiger charge is -2.06. The Balaban J connectivity index is 3.10. The predicted molar refractivity (Wildman–Crippen MR) is 70.0 cm³/mol. The highest BCUT2D eigenvalue weighted by Gasteiger charge is 2.02. The molecule has 0 aromatic rings. The van der Waals surface area contributed by atoms with Gasteiger partial charge in [-0.2, -0.15) is 0 Å². The van der Waals surface area contributed by atoms with E-state index in [-0.39, 0.29) is 19.2 Å². The van der Waals surface area contributed by atoms with Gasteiger partial charge in [-0.3, -0.25) is 4.79 Å². The summed E-state index contributed by atoms with van der Waals surface area (Å²) in [5, 5.41) is 8.57. The number of carbonyl (C=O) groups is 1. The van der Waals surface area contributed by atoms with Crippen LogP contribution in [-0.2, 0) is 23.7 Å². The third kappa shape index (κ3) is 15.3. The van der Waals surface area contributed by atoms with Crippen molar-refractivity contribution in [2.45, 2.75) is 25.7 Å². The zero-order valence-corrected chi connectivity index (χ0v) is 11.8. The standard InChI is InChI=1S/C13H26O6/c1-16-7-8-17-9-10-18-11-12-19-13(15)5-3-2-4-6-14/h14H,2-12H2,1H3. The van der Waals surface area contributed by atoms with Crippen molar-refractivity contribution < 1.29 is 28.8 Å². The number of hydrogen-bond donors (Lipinski definition) is 1. The first kappa shape index (κ1) is 18.3. The predicted octanol–water partition coefficient (Wildman–Crippen LogP) is 0.762. The fourth-order valence-corrected chi connectivity index (χ4v) is 1.31. The second-order valence-electron chi connectivity index (χ2n) is 3.97. The van der Waals surface area contributed by atoms with Crippen LogP contribution in [0.2, 0.25) is 0 Å². The number of aliphatic hydroxyl groups is 1. The van der Waals surface area contributed by atoms with Crippen molar-refractivity contribution in [3.63, 3.8) is 0 Å². The Kier molecular flexibility index (Phi) is 14.8. The Morgan fingerprint density at radius 1 is 0.895 bits per heavy atom. The van der Waals surface area contributed by atoms with Gasteiger partial charge in [0.25, 0.3) is 0 Å². The minimum Gasteiger partial charge on any atom is -0.463 e. The number of hydrogen-bond acceptors (Lipinski definition) is 6. The van der Waals surface area contributed by atoms with Crippen LogP contribution >= 0.6 is 0 Å². The fraction of sp³-hybridized carbons (Fsp3) is 0.923. The minimum atomic E-state index is -0.210. The number of unbranched alkanes of at least 4 members (excludes halogenated alkanes) is 2. The molecule has 0 unspecified atom stereocenters. The van der Waals surface area contributed by atoms with Crippen LogP contribution in [0.3, 0.4) is 0 Å². The molecule has 0 aromatic heterocycles. The number of rotatable bonds is 14.